The highest BCUT2D eigenvalue weighted by Crippen LogP contribution is 2.38. The lowest BCUT2D eigenvalue weighted by molar-refractivity contribution is 0.101. The Balaban J connectivity index is 2.54. The fourth-order valence-corrected chi connectivity index (χ4v) is 2.50. The van der Waals surface area contributed by atoms with E-state index < -0.39 is 0 Å². The van der Waals surface area contributed by atoms with Crippen molar-refractivity contribution in [3.8, 4) is 16.2 Å². The smallest absolute Gasteiger partial charge is 0.160 e. The molecule has 82 valence electrons. The molecule has 1 aromatic carbocycles. The summed E-state index contributed by atoms with van der Waals surface area (Å²) in [5, 5.41) is 11.5. The maximum absolute atomic E-state index is 11.2. The zero-order valence-electron chi connectivity index (χ0n) is 8.73. The molecule has 0 spiro atoms. The quantitative estimate of drug-likeness (QED) is 0.619. The van der Waals surface area contributed by atoms with Crippen molar-refractivity contribution in [1.29, 1.82) is 0 Å². The van der Waals surface area contributed by atoms with Gasteiger partial charge >= 0.3 is 0 Å². The largest absolute Gasteiger partial charge is 0.507 e. The molecule has 0 saturated carbocycles. The maximum atomic E-state index is 11.2. The third kappa shape index (κ3) is 1.79. The van der Waals surface area contributed by atoms with Crippen LogP contribution in [0.1, 0.15) is 17.3 Å². The molecule has 3 nitrogen and oxygen atoms in total. The number of aromatic hydroxyl groups is 1. The highest BCUT2D eigenvalue weighted by Gasteiger charge is 2.12. The molecule has 0 bridgehead atoms. The molecule has 0 aliphatic carbocycles. The molecule has 0 aliphatic rings. The first-order valence-corrected chi connectivity index (χ1v) is 5.65. The topological polar surface area (TPSA) is 63.3 Å². The van der Waals surface area contributed by atoms with E-state index in [4.69, 9.17) is 5.73 Å². The van der Waals surface area contributed by atoms with Gasteiger partial charge in [-0.05, 0) is 25.1 Å². The second kappa shape index (κ2) is 3.98. The van der Waals surface area contributed by atoms with Crippen LogP contribution in [0.4, 0.5) is 5.69 Å². The van der Waals surface area contributed by atoms with Crippen molar-refractivity contribution < 1.29 is 9.90 Å². The molecule has 0 radical (unpaired) electrons. The molecule has 0 fully saturated rings. The summed E-state index contributed by atoms with van der Waals surface area (Å²) in [5.74, 6) is 0.147. The van der Waals surface area contributed by atoms with Crippen molar-refractivity contribution in [2.75, 3.05) is 5.73 Å². The summed E-state index contributed by atoms with van der Waals surface area (Å²) < 4.78 is 0. The average molecular weight is 233 g/mol. The van der Waals surface area contributed by atoms with Crippen molar-refractivity contribution in [3.05, 3.63) is 35.2 Å². The molecule has 0 amide bonds. The van der Waals surface area contributed by atoms with Crippen molar-refractivity contribution >= 4 is 22.8 Å². The van der Waals surface area contributed by atoms with E-state index in [1.54, 1.807) is 29.6 Å². The SMILES string of the molecule is CC(=O)c1csc(-c2c(N)cccc2O)c1. The molecule has 2 aromatic rings. The minimum absolute atomic E-state index is 0.0106. The lowest BCUT2D eigenvalue weighted by Gasteiger charge is -2.04. The highest BCUT2D eigenvalue weighted by atomic mass is 32.1. The third-order valence-electron chi connectivity index (χ3n) is 2.33. The Morgan fingerprint density at radius 2 is 2.19 bits per heavy atom. The molecule has 4 heteroatoms. The summed E-state index contributed by atoms with van der Waals surface area (Å²) in [4.78, 5) is 12.0. The summed E-state index contributed by atoms with van der Waals surface area (Å²) in [6.45, 7) is 1.51. The minimum Gasteiger partial charge on any atom is -0.507 e. The van der Waals surface area contributed by atoms with Crippen LogP contribution < -0.4 is 5.73 Å². The van der Waals surface area contributed by atoms with E-state index in [1.165, 1.54) is 18.3 Å². The first-order chi connectivity index (χ1) is 7.59. The predicted octanol–water partition coefficient (Wildman–Crippen LogP) is 2.91. The second-order valence-corrected chi connectivity index (χ2v) is 4.41. The number of hydrogen-bond donors (Lipinski definition) is 2. The van der Waals surface area contributed by atoms with E-state index in [0.29, 0.717) is 16.8 Å². The van der Waals surface area contributed by atoms with Gasteiger partial charge in [0, 0.05) is 21.5 Å². The van der Waals surface area contributed by atoms with E-state index in [9.17, 15) is 9.90 Å². The van der Waals surface area contributed by atoms with E-state index in [-0.39, 0.29) is 11.5 Å². The van der Waals surface area contributed by atoms with E-state index in [2.05, 4.69) is 0 Å². The zero-order valence-corrected chi connectivity index (χ0v) is 9.54. The minimum atomic E-state index is 0.0106. The Labute approximate surface area is 97.2 Å². The Morgan fingerprint density at radius 1 is 1.44 bits per heavy atom. The van der Waals surface area contributed by atoms with Gasteiger partial charge in [0.1, 0.15) is 5.75 Å². The second-order valence-electron chi connectivity index (χ2n) is 3.50. The molecule has 0 atom stereocenters. The van der Waals surface area contributed by atoms with Crippen LogP contribution in [0, 0.1) is 0 Å². The number of nitrogens with two attached hydrogens (primary N) is 1. The fourth-order valence-electron chi connectivity index (χ4n) is 1.48. The molecule has 3 N–H and O–H groups in total. The highest BCUT2D eigenvalue weighted by molar-refractivity contribution is 7.14. The number of nitrogen functional groups attached to an aromatic ring is 1. The van der Waals surface area contributed by atoms with Crippen LogP contribution in [0.15, 0.2) is 29.6 Å². The number of phenolic OH excluding ortho intramolecular Hbond substituents is 1. The van der Waals surface area contributed by atoms with Crippen molar-refractivity contribution in [1.82, 2.24) is 0 Å². The number of Topliss-reactive ketones (excluding diaryl/α,β-unsaturated/α-hetero) is 1. The summed E-state index contributed by atoms with van der Waals surface area (Å²) >= 11 is 1.40. The van der Waals surface area contributed by atoms with Gasteiger partial charge in [-0.25, -0.2) is 0 Å². The number of anilines is 1. The van der Waals surface area contributed by atoms with Gasteiger partial charge in [0.15, 0.2) is 5.78 Å². The molecule has 1 aromatic heterocycles. The van der Waals surface area contributed by atoms with Gasteiger partial charge in [-0.15, -0.1) is 11.3 Å². The Bertz CT molecular complexity index is 525. The number of carbonyl (C=O) groups excluding carboxylic acids is 1. The van der Waals surface area contributed by atoms with Crippen LogP contribution >= 0.6 is 11.3 Å². The normalized spacial score (nSPS) is 10.3. The van der Waals surface area contributed by atoms with Crippen LogP contribution in [-0.2, 0) is 0 Å². The van der Waals surface area contributed by atoms with Crippen molar-refractivity contribution in [3.63, 3.8) is 0 Å². The van der Waals surface area contributed by atoms with Gasteiger partial charge in [0.25, 0.3) is 0 Å². The predicted molar refractivity (Wildman–Crippen MR) is 65.8 cm³/mol. The zero-order chi connectivity index (χ0) is 11.7. The van der Waals surface area contributed by atoms with Crippen LogP contribution in [0.3, 0.4) is 0 Å². The van der Waals surface area contributed by atoms with Gasteiger partial charge in [-0.2, -0.15) is 0 Å². The van der Waals surface area contributed by atoms with Crippen molar-refractivity contribution in [2.24, 2.45) is 0 Å². The number of phenols is 1. The van der Waals surface area contributed by atoms with Gasteiger partial charge in [-0.1, -0.05) is 6.07 Å². The number of hydrogen-bond acceptors (Lipinski definition) is 4. The first-order valence-electron chi connectivity index (χ1n) is 4.77. The average Bonchev–Trinajstić information content (AvgIpc) is 2.66. The molecule has 0 aliphatic heterocycles. The van der Waals surface area contributed by atoms with Gasteiger partial charge in [-0.3, -0.25) is 4.79 Å². The molecule has 2 rings (SSSR count). The summed E-state index contributed by atoms with van der Waals surface area (Å²) in [5.41, 5.74) is 7.55. The molecular formula is C12H11NO2S. The first kappa shape index (κ1) is 10.7. The Morgan fingerprint density at radius 3 is 2.75 bits per heavy atom. The molecule has 0 saturated heterocycles. The monoisotopic (exact) mass is 233 g/mol. The van der Waals surface area contributed by atoms with Crippen LogP contribution in [-0.4, -0.2) is 10.9 Å². The molecule has 16 heavy (non-hydrogen) atoms. The van der Waals surface area contributed by atoms with Crippen molar-refractivity contribution in [2.45, 2.75) is 6.92 Å². The van der Waals surface area contributed by atoms with Crippen LogP contribution in [0.25, 0.3) is 10.4 Å². The number of rotatable bonds is 2. The maximum Gasteiger partial charge on any atom is 0.160 e. The van der Waals surface area contributed by atoms with E-state index in [1.807, 2.05) is 0 Å². The summed E-state index contributed by atoms with van der Waals surface area (Å²) in [6.07, 6.45) is 0. The van der Waals surface area contributed by atoms with E-state index >= 15 is 0 Å². The third-order valence-corrected chi connectivity index (χ3v) is 3.27. The van der Waals surface area contributed by atoms with Gasteiger partial charge in [0.2, 0.25) is 0 Å². The summed E-state index contributed by atoms with van der Waals surface area (Å²) in [7, 11) is 0. The summed E-state index contributed by atoms with van der Waals surface area (Å²) in [6, 6.07) is 6.74. The standard InChI is InChI=1S/C12H11NO2S/c1-7(14)8-5-11(16-6-8)12-9(13)3-2-4-10(12)15/h2-6,15H,13H2,1H3. The Kier molecular flexibility index (Phi) is 2.66. The Hall–Kier alpha value is -1.81. The van der Waals surface area contributed by atoms with E-state index in [0.717, 1.165) is 4.88 Å². The number of benzene rings is 1. The lowest BCUT2D eigenvalue weighted by atomic mass is 10.1. The van der Waals surface area contributed by atoms with Crippen LogP contribution in [0.5, 0.6) is 5.75 Å². The lowest BCUT2D eigenvalue weighted by Crippen LogP contribution is -1.89. The molecule has 0 unspecified atom stereocenters. The number of ketones is 1. The number of thiophene rings is 1. The fraction of sp³-hybridized carbons (Fsp3) is 0.0833. The van der Waals surface area contributed by atoms with Crippen LogP contribution in [0.2, 0.25) is 0 Å². The van der Waals surface area contributed by atoms with Gasteiger partial charge < -0.3 is 10.8 Å². The van der Waals surface area contributed by atoms with Gasteiger partial charge in [0.05, 0.1) is 5.56 Å². The number of carbonyl (C=O) groups is 1. The molecular weight excluding hydrogens is 222 g/mol. The molecule has 1 heterocycles.